The molecule has 3 rings (SSSR count). The summed E-state index contributed by atoms with van der Waals surface area (Å²) in [6, 6.07) is 0. The summed E-state index contributed by atoms with van der Waals surface area (Å²) in [7, 11) is 1.20. The summed E-state index contributed by atoms with van der Waals surface area (Å²) >= 11 is 0. The van der Waals surface area contributed by atoms with Gasteiger partial charge in [-0.2, -0.15) is 0 Å². The van der Waals surface area contributed by atoms with Crippen molar-refractivity contribution < 1.29 is 68.8 Å². The van der Waals surface area contributed by atoms with Crippen LogP contribution in [0.1, 0.15) is 6.92 Å². The topological polar surface area (TPSA) is 206 Å². The number of rotatable bonds is 12. The molecule has 3 aliphatic heterocycles. The minimum atomic E-state index is -2.84. The van der Waals surface area contributed by atoms with Crippen molar-refractivity contribution in [3.05, 3.63) is 60.1 Å². The average Bonchev–Trinajstić information content (AvgIpc) is 2.95. The van der Waals surface area contributed by atoms with Gasteiger partial charge in [0.1, 0.15) is 37.1 Å². The van der Waals surface area contributed by atoms with E-state index in [0.717, 1.165) is 11.2 Å². The molecule has 228 valence electrons. The van der Waals surface area contributed by atoms with Gasteiger partial charge < -0.3 is 59.2 Å². The molecule has 0 bridgehead atoms. The Balaban J connectivity index is 1.93. The highest BCUT2D eigenvalue weighted by molar-refractivity contribution is 5.90. The minimum absolute atomic E-state index is 0.00138. The highest BCUT2D eigenvalue weighted by Gasteiger charge is 2.57. The number of carboxylic acid groups (broad SMARTS) is 1. The van der Waals surface area contributed by atoms with Gasteiger partial charge in [-0.25, -0.2) is 9.59 Å². The van der Waals surface area contributed by atoms with Crippen molar-refractivity contribution in [3.63, 3.8) is 0 Å². The van der Waals surface area contributed by atoms with Gasteiger partial charge in [0.15, 0.2) is 12.4 Å². The Morgan fingerprint density at radius 2 is 2.00 bits per heavy atom. The van der Waals surface area contributed by atoms with E-state index >= 15 is 0 Å². The lowest BCUT2D eigenvalue weighted by Gasteiger charge is -2.47. The number of aliphatic hydroxyl groups is 5. The monoisotopic (exact) mass is 584 g/mol. The van der Waals surface area contributed by atoms with Crippen molar-refractivity contribution in [3.8, 4) is 0 Å². The van der Waals surface area contributed by atoms with Crippen LogP contribution in [0.15, 0.2) is 60.1 Å². The van der Waals surface area contributed by atoms with Crippen LogP contribution in [-0.2, 0) is 33.3 Å². The number of carboxylic acids is 1. The van der Waals surface area contributed by atoms with E-state index in [1.807, 2.05) is 0 Å². The summed E-state index contributed by atoms with van der Waals surface area (Å²) in [5.74, 6) is -6.22. The largest absolute Gasteiger partial charge is 0.477 e. The first-order chi connectivity index (χ1) is 19.5. The maximum Gasteiger partial charge on any atom is 0.341 e. The van der Waals surface area contributed by atoms with E-state index in [2.05, 4.69) is 6.58 Å². The number of ether oxygens (including phenoxy) is 5. The van der Waals surface area contributed by atoms with Crippen LogP contribution in [-0.4, -0.2) is 119 Å². The molecule has 3 aliphatic rings. The van der Waals surface area contributed by atoms with E-state index in [4.69, 9.17) is 23.7 Å². The van der Waals surface area contributed by atoms with Crippen LogP contribution in [0.5, 0.6) is 0 Å². The Hall–Kier alpha value is -2.92. The zero-order valence-electron chi connectivity index (χ0n) is 22.8. The number of allylic oxidation sites excluding steroid dienone is 1. The first kappa shape index (κ1) is 32.6. The molecule has 0 aliphatic carbocycles. The lowest BCUT2D eigenvalue weighted by atomic mass is 9.83. The van der Waals surface area contributed by atoms with E-state index in [-0.39, 0.29) is 24.4 Å². The van der Waals surface area contributed by atoms with Gasteiger partial charge in [-0.05, 0) is 13.0 Å². The van der Waals surface area contributed by atoms with Crippen LogP contribution in [0.25, 0.3) is 0 Å². The summed E-state index contributed by atoms with van der Waals surface area (Å²) in [4.78, 5) is 25.0. The third kappa shape index (κ3) is 7.30. The molecule has 3 heterocycles. The van der Waals surface area contributed by atoms with Crippen LogP contribution < -0.4 is 4.90 Å². The molecule has 0 aromatic heterocycles. The second kappa shape index (κ2) is 14.3. The van der Waals surface area contributed by atoms with Crippen LogP contribution in [0.3, 0.4) is 0 Å². The molecule has 0 spiro atoms. The second-order valence-corrected chi connectivity index (χ2v) is 9.67. The van der Waals surface area contributed by atoms with Crippen molar-refractivity contribution in [2.24, 2.45) is 11.8 Å². The molecule has 0 aromatic rings. The third-order valence-electron chi connectivity index (χ3n) is 7.00. The molecular formula is C27H38NO13+. The Bertz CT molecular complexity index is 1080. The molecule has 0 aromatic carbocycles. The van der Waals surface area contributed by atoms with Crippen LogP contribution in [0, 0.1) is 11.8 Å². The van der Waals surface area contributed by atoms with Crippen molar-refractivity contribution in [2.75, 3.05) is 40.0 Å². The van der Waals surface area contributed by atoms with Crippen LogP contribution in [0.2, 0.25) is 0 Å². The summed E-state index contributed by atoms with van der Waals surface area (Å²) < 4.78 is 27.6. The molecule has 41 heavy (non-hydrogen) atoms. The van der Waals surface area contributed by atoms with Gasteiger partial charge in [-0.15, -0.1) is 6.58 Å². The maximum absolute atomic E-state index is 12.6. The third-order valence-corrected chi connectivity index (χ3v) is 7.00. The number of methoxy groups -OCH3 is 1. The molecular weight excluding hydrogens is 546 g/mol. The molecule has 7 N–H and O–H groups in total. The molecule has 0 amide bonds. The van der Waals surface area contributed by atoms with Crippen molar-refractivity contribution in [1.29, 1.82) is 0 Å². The normalized spacial score (nSPS) is 33.3. The van der Waals surface area contributed by atoms with Gasteiger partial charge in [0, 0.05) is 18.1 Å². The zero-order valence-corrected chi connectivity index (χ0v) is 22.8. The number of nitrogens with one attached hydrogen (secondary N) is 1. The van der Waals surface area contributed by atoms with Gasteiger partial charge in [-0.1, -0.05) is 18.2 Å². The second-order valence-electron chi connectivity index (χ2n) is 9.67. The van der Waals surface area contributed by atoms with Gasteiger partial charge >= 0.3 is 11.9 Å². The molecule has 1 fully saturated rings. The first-order valence-corrected chi connectivity index (χ1v) is 13.0. The predicted octanol–water partition coefficient (Wildman–Crippen LogP) is -2.66. The minimum Gasteiger partial charge on any atom is -0.477 e. The number of esters is 1. The van der Waals surface area contributed by atoms with Crippen molar-refractivity contribution in [1.82, 2.24) is 0 Å². The molecule has 8 unspecified atom stereocenters. The fraction of sp³-hybridized carbons (Fsp3) is 0.556. The van der Waals surface area contributed by atoms with Gasteiger partial charge in [-0.3, -0.25) is 0 Å². The SMILES string of the molecule is C=CC1C(OC2OC(CO)C(O)C(O)(O)C2OCC)OC=C(C(=O)OC)C1C=CC1=CC(C(=O)O)=C[NH+](CCO)C1. The number of carbonyl (C=O) groups is 2. The molecule has 0 saturated carbocycles. The number of hydrogen-bond donors (Lipinski definition) is 7. The molecule has 14 nitrogen and oxygen atoms in total. The number of aliphatic carboxylic acids is 1. The Kier molecular flexibility index (Phi) is 11.4. The van der Waals surface area contributed by atoms with Crippen LogP contribution >= 0.6 is 0 Å². The standard InChI is InChI=1S/C27H37NO13/c1-4-17-18(7-6-15-10-16(23(32)33)12-28(11-15)8-9-29)19(24(34)37-3)14-39-25(17)41-26-22(38-5-2)27(35,36)21(31)20(13-30)40-26/h4,6-7,10,12,14,17-18,20-22,25-26,29-31,35-36H,1,5,8-9,11,13H2,2-3H3,(H,32,33)/p+1. The molecule has 8 atom stereocenters. The van der Waals surface area contributed by atoms with Crippen LogP contribution in [0.4, 0.5) is 0 Å². The van der Waals surface area contributed by atoms with E-state index in [1.54, 1.807) is 19.1 Å². The number of hydrogen-bond acceptors (Lipinski definition) is 12. The quantitative estimate of drug-likeness (QED) is 0.0711. The lowest BCUT2D eigenvalue weighted by molar-refractivity contribution is -0.842. The fourth-order valence-corrected chi connectivity index (χ4v) is 4.91. The Labute approximate surface area is 236 Å². The summed E-state index contributed by atoms with van der Waals surface area (Å²) in [5, 5.41) is 59.9. The lowest BCUT2D eigenvalue weighted by Crippen LogP contribution is -3.08. The Morgan fingerprint density at radius 3 is 2.59 bits per heavy atom. The molecule has 0 radical (unpaired) electrons. The predicted molar refractivity (Wildman–Crippen MR) is 138 cm³/mol. The van der Waals surface area contributed by atoms with Gasteiger partial charge in [0.25, 0.3) is 0 Å². The molecule has 1 saturated heterocycles. The fourth-order valence-electron chi connectivity index (χ4n) is 4.91. The summed E-state index contributed by atoms with van der Waals surface area (Å²) in [5.41, 5.74) is 0.762. The van der Waals surface area contributed by atoms with Gasteiger partial charge in [0.05, 0.1) is 38.1 Å². The number of carbonyl (C=O) groups excluding carboxylic acids is 1. The highest BCUT2D eigenvalue weighted by Crippen LogP contribution is 2.38. The van der Waals surface area contributed by atoms with E-state index in [1.165, 1.54) is 25.5 Å². The summed E-state index contributed by atoms with van der Waals surface area (Å²) in [6.45, 7) is 5.18. The van der Waals surface area contributed by atoms with Crippen molar-refractivity contribution >= 4 is 11.9 Å². The highest BCUT2D eigenvalue weighted by atomic mass is 16.8. The van der Waals surface area contributed by atoms with E-state index < -0.39 is 67.1 Å². The average molecular weight is 585 g/mol. The first-order valence-electron chi connectivity index (χ1n) is 13.0. The zero-order chi connectivity index (χ0) is 30.3. The van der Waals surface area contributed by atoms with Crippen molar-refractivity contribution in [2.45, 2.75) is 43.6 Å². The molecule has 14 heteroatoms. The number of aliphatic hydroxyl groups excluding tert-OH is 3. The smallest absolute Gasteiger partial charge is 0.341 e. The summed E-state index contributed by atoms with van der Waals surface area (Å²) in [6.07, 6.45) is 1.20. The van der Waals surface area contributed by atoms with Gasteiger partial charge in [0.2, 0.25) is 12.1 Å². The Morgan fingerprint density at radius 1 is 1.27 bits per heavy atom. The van der Waals surface area contributed by atoms with E-state index in [0.29, 0.717) is 18.7 Å². The maximum atomic E-state index is 12.6. The number of quaternary nitrogens is 1. The van der Waals surface area contributed by atoms with E-state index in [9.17, 15) is 40.2 Å².